The highest BCUT2D eigenvalue weighted by atomic mass is 32.2. The summed E-state index contributed by atoms with van der Waals surface area (Å²) >= 11 is 2.01. The number of hydrogen-bond acceptors (Lipinski definition) is 7. The van der Waals surface area contributed by atoms with E-state index in [-0.39, 0.29) is 22.7 Å². The number of aliphatic imine (C=N–C) groups is 2. The molecule has 0 radical (unpaired) electrons. The van der Waals surface area contributed by atoms with Crippen LogP contribution >= 0.6 is 23.5 Å². The smallest absolute Gasteiger partial charge is 0.252 e. The van der Waals surface area contributed by atoms with Gasteiger partial charge < -0.3 is 26.5 Å². The topological polar surface area (TPSA) is 193 Å². The molecule has 12 heteroatoms. The molecule has 2 aromatic heterocycles. The van der Waals surface area contributed by atoms with E-state index in [0.29, 0.717) is 42.2 Å². The number of rotatable bonds is 10. The second-order valence-electron chi connectivity index (χ2n) is 9.14. The average Bonchev–Trinajstić information content (AvgIpc) is 3.57. The molecule has 4 rings (SSSR count). The maximum absolute atomic E-state index is 12.4. The van der Waals surface area contributed by atoms with Crippen molar-refractivity contribution in [3.63, 3.8) is 0 Å². The molecule has 0 bridgehead atoms. The van der Waals surface area contributed by atoms with E-state index in [0.717, 1.165) is 56.5 Å². The van der Waals surface area contributed by atoms with Crippen molar-refractivity contribution in [3.05, 3.63) is 72.1 Å². The summed E-state index contributed by atoms with van der Waals surface area (Å²) in [6.07, 6.45) is 5.43. The van der Waals surface area contributed by atoms with Crippen LogP contribution in [0.4, 0.5) is 0 Å². The van der Waals surface area contributed by atoms with E-state index in [1.807, 2.05) is 60.9 Å². The minimum atomic E-state index is -1.00. The van der Waals surface area contributed by atoms with Crippen molar-refractivity contribution < 1.29 is 9.90 Å². The minimum absolute atomic E-state index is 0.0508. The van der Waals surface area contributed by atoms with Crippen molar-refractivity contribution in [1.82, 2.24) is 9.97 Å². The lowest BCUT2D eigenvalue weighted by atomic mass is 10.1. The van der Waals surface area contributed by atoms with Crippen LogP contribution in [0.25, 0.3) is 21.8 Å². The number of benzene rings is 2. The number of nitrogens with one attached hydrogen (secondary N) is 4. The molecule has 0 saturated heterocycles. The normalized spacial score (nSPS) is 13.1. The third-order valence-corrected chi connectivity index (χ3v) is 7.66. The predicted octanol–water partition coefficient (Wildman–Crippen LogP) is 4.89. The Bertz CT molecular complexity index is 1570. The quantitative estimate of drug-likeness (QED) is 0.0797. The second-order valence-corrected chi connectivity index (χ2v) is 11.4. The zero-order valence-electron chi connectivity index (χ0n) is 21.8. The van der Waals surface area contributed by atoms with Crippen LogP contribution in [0.1, 0.15) is 36.8 Å². The zero-order valence-corrected chi connectivity index (χ0v) is 23.4. The molecule has 0 aliphatic carbocycles. The van der Waals surface area contributed by atoms with Gasteiger partial charge in [-0.2, -0.15) is 4.99 Å². The molecule has 1 atom stereocenters. The Morgan fingerprint density at radius 2 is 1.40 bits per heavy atom. The molecule has 0 aliphatic rings. The number of nitrogens with two attached hydrogens (primary N) is 2. The number of aromatic nitrogens is 2. The lowest BCUT2D eigenvalue weighted by Gasteiger charge is -2.09. The summed E-state index contributed by atoms with van der Waals surface area (Å²) in [5.41, 5.74) is 15.6. The molecule has 1 amide bonds. The maximum atomic E-state index is 12.4. The van der Waals surface area contributed by atoms with Crippen molar-refractivity contribution >= 4 is 71.7 Å². The summed E-state index contributed by atoms with van der Waals surface area (Å²) in [7, 11) is 0. The number of carbonyl (C=O) groups excluding carboxylic acids is 1. The highest BCUT2D eigenvalue weighted by Crippen LogP contribution is 2.21. The number of aromatic amines is 2. The first-order chi connectivity index (χ1) is 19.3. The Hall–Kier alpha value is -3.87. The van der Waals surface area contributed by atoms with Crippen molar-refractivity contribution in [3.8, 4) is 0 Å². The molecule has 40 heavy (non-hydrogen) atoms. The van der Waals surface area contributed by atoms with Gasteiger partial charge in [-0.1, -0.05) is 24.3 Å². The summed E-state index contributed by atoms with van der Waals surface area (Å²) in [5.74, 6) is -0.358. The molecule has 208 valence electrons. The first-order valence-corrected chi connectivity index (χ1v) is 14.4. The summed E-state index contributed by atoms with van der Waals surface area (Å²) in [6.45, 7) is 0. The largest absolute Gasteiger partial charge is 0.378 e. The number of amidine groups is 2. The van der Waals surface area contributed by atoms with E-state index < -0.39 is 6.23 Å². The summed E-state index contributed by atoms with van der Waals surface area (Å²) in [5, 5.41) is 29.5. The highest BCUT2D eigenvalue weighted by Gasteiger charge is 2.11. The molecule has 1 unspecified atom stereocenters. The van der Waals surface area contributed by atoms with Crippen molar-refractivity contribution in [2.45, 2.75) is 44.8 Å². The number of fused-ring (bicyclic) bond motifs is 2. The maximum Gasteiger partial charge on any atom is 0.252 e. The van der Waals surface area contributed by atoms with E-state index in [1.54, 1.807) is 0 Å². The van der Waals surface area contributed by atoms with Gasteiger partial charge in [0.1, 0.15) is 0 Å². The average molecular weight is 577 g/mol. The fourth-order valence-corrected chi connectivity index (χ4v) is 5.64. The fourth-order valence-electron chi connectivity index (χ4n) is 4.32. The van der Waals surface area contributed by atoms with Gasteiger partial charge in [0.15, 0.2) is 16.6 Å². The van der Waals surface area contributed by atoms with Crippen molar-refractivity contribution in [1.29, 1.82) is 10.8 Å². The van der Waals surface area contributed by atoms with Crippen LogP contribution in [0.3, 0.4) is 0 Å². The van der Waals surface area contributed by atoms with Gasteiger partial charge in [0.25, 0.3) is 5.91 Å². The van der Waals surface area contributed by atoms with Crippen LogP contribution in [-0.2, 0) is 17.6 Å². The van der Waals surface area contributed by atoms with E-state index in [2.05, 4.69) is 20.0 Å². The van der Waals surface area contributed by atoms with Gasteiger partial charge in [-0.15, -0.1) is 0 Å². The first kappa shape index (κ1) is 29.1. The molecular weight excluding hydrogens is 544 g/mol. The molecule has 4 aromatic rings. The Kier molecular flexibility index (Phi) is 10.2. The molecule has 10 nitrogen and oxygen atoms in total. The number of hydrogen-bond donors (Lipinski definition) is 7. The van der Waals surface area contributed by atoms with E-state index >= 15 is 0 Å². The number of thioether (sulfide) groups is 2. The van der Waals surface area contributed by atoms with Gasteiger partial charge in [-0.05, 0) is 84.6 Å². The second kappa shape index (κ2) is 14.0. The molecule has 2 heterocycles. The van der Waals surface area contributed by atoms with Crippen molar-refractivity contribution in [2.24, 2.45) is 21.5 Å². The molecule has 0 fully saturated rings. The number of amides is 1. The standard InChI is InChI=1S/C28H32N8O2S2/c29-23(39-27(31)35-25(37)15-17-5-3-7-21-19(17)11-13-33-21)9-1-2-10-24(30)40-28(32)36-26(38)16-18-6-4-8-22-20(18)12-14-34-22/h3-8,11-14,25,29-30,33-34,37H,1-2,9-10,15-16H2,(H2,31,35)(H2,32,36,38). The predicted molar refractivity (Wildman–Crippen MR) is 167 cm³/mol. The van der Waals surface area contributed by atoms with E-state index in [1.165, 1.54) is 0 Å². The number of H-pyrrole nitrogens is 2. The van der Waals surface area contributed by atoms with Crippen LogP contribution in [-0.4, -0.2) is 47.6 Å². The highest BCUT2D eigenvalue weighted by molar-refractivity contribution is 8.26. The number of carbonyl (C=O) groups is 1. The van der Waals surface area contributed by atoms with E-state index in [4.69, 9.17) is 22.3 Å². The molecule has 0 saturated carbocycles. The Morgan fingerprint density at radius 1 is 0.850 bits per heavy atom. The fraction of sp³-hybridized carbons (Fsp3) is 0.250. The number of aliphatic hydroxyl groups excluding tert-OH is 1. The van der Waals surface area contributed by atoms with E-state index in [9.17, 15) is 9.90 Å². The van der Waals surface area contributed by atoms with Crippen LogP contribution in [0.2, 0.25) is 0 Å². The number of aliphatic hydroxyl groups is 1. The molecule has 0 spiro atoms. The monoisotopic (exact) mass is 576 g/mol. The lowest BCUT2D eigenvalue weighted by molar-refractivity contribution is -0.117. The first-order valence-electron chi connectivity index (χ1n) is 12.8. The Morgan fingerprint density at radius 3 is 2.02 bits per heavy atom. The third kappa shape index (κ3) is 8.31. The minimum Gasteiger partial charge on any atom is -0.378 e. The van der Waals surface area contributed by atoms with Crippen LogP contribution < -0.4 is 11.5 Å². The van der Waals surface area contributed by atoms with Gasteiger partial charge in [0.2, 0.25) is 0 Å². The Labute approximate surface area is 240 Å². The summed E-state index contributed by atoms with van der Waals surface area (Å²) in [4.78, 5) is 26.7. The molecular formula is C28H32N8O2S2. The lowest BCUT2D eigenvalue weighted by Crippen LogP contribution is -2.17. The number of unbranched alkanes of at least 4 members (excludes halogenated alkanes) is 1. The molecule has 2 aromatic carbocycles. The summed E-state index contributed by atoms with van der Waals surface area (Å²) in [6, 6.07) is 15.4. The van der Waals surface area contributed by atoms with Crippen LogP contribution in [0.5, 0.6) is 0 Å². The zero-order chi connectivity index (χ0) is 28.5. The van der Waals surface area contributed by atoms with Gasteiger partial charge in [0.05, 0.1) is 16.5 Å². The third-order valence-electron chi connectivity index (χ3n) is 6.14. The van der Waals surface area contributed by atoms with Crippen LogP contribution in [0, 0.1) is 10.8 Å². The Balaban J connectivity index is 1.14. The number of nitrogens with zero attached hydrogens (tertiary/aromatic N) is 2. The van der Waals surface area contributed by atoms with Gasteiger partial charge in [-0.3, -0.25) is 15.6 Å². The van der Waals surface area contributed by atoms with Gasteiger partial charge in [-0.25, -0.2) is 4.99 Å². The molecule has 9 N–H and O–H groups in total. The van der Waals surface area contributed by atoms with Crippen LogP contribution in [0.15, 0.2) is 70.9 Å². The van der Waals surface area contributed by atoms with Gasteiger partial charge >= 0.3 is 0 Å². The van der Waals surface area contributed by atoms with Crippen molar-refractivity contribution in [2.75, 3.05) is 0 Å². The van der Waals surface area contributed by atoms with Gasteiger partial charge in [0, 0.05) is 40.6 Å². The SMILES string of the molecule is N=C(CCCCC(=N)SC(N)=NC(O)Cc1cccc2[nH]ccc12)SC(N)=NC(=O)Cc1cccc2[nH]ccc12. The molecule has 0 aliphatic heterocycles. The summed E-state index contributed by atoms with van der Waals surface area (Å²) < 4.78 is 0.